The van der Waals surface area contributed by atoms with Crippen molar-refractivity contribution in [3.8, 4) is 11.5 Å². The van der Waals surface area contributed by atoms with E-state index in [0.29, 0.717) is 5.56 Å². The first-order valence-corrected chi connectivity index (χ1v) is 10.4. The minimum absolute atomic E-state index is 0.000220. The van der Waals surface area contributed by atoms with Gasteiger partial charge in [0.2, 0.25) is 0 Å². The Balaban J connectivity index is 1.37. The van der Waals surface area contributed by atoms with Gasteiger partial charge in [0.05, 0.1) is 18.4 Å². The number of phenols is 1. The van der Waals surface area contributed by atoms with Crippen LogP contribution in [0.4, 0.5) is 11.4 Å². The third-order valence-electron chi connectivity index (χ3n) is 5.56. The quantitative estimate of drug-likeness (QED) is 0.471. The number of carbonyl (C=O) groups excluding carboxylic acids is 1. The van der Waals surface area contributed by atoms with Crippen LogP contribution in [0.5, 0.6) is 11.5 Å². The molecule has 0 radical (unpaired) electrons. The fourth-order valence-electron chi connectivity index (χ4n) is 3.84. The van der Waals surface area contributed by atoms with Gasteiger partial charge >= 0.3 is 0 Å². The molecule has 1 aliphatic heterocycles. The third-order valence-corrected chi connectivity index (χ3v) is 5.56. The molecule has 3 aromatic rings. The van der Waals surface area contributed by atoms with Gasteiger partial charge in [-0.15, -0.1) is 0 Å². The van der Waals surface area contributed by atoms with Crippen molar-refractivity contribution in [1.82, 2.24) is 0 Å². The highest BCUT2D eigenvalue weighted by molar-refractivity contribution is 6.08. The minimum Gasteiger partial charge on any atom is -0.507 e. The number of piperazine rings is 1. The van der Waals surface area contributed by atoms with E-state index < -0.39 is 0 Å². The van der Waals surface area contributed by atoms with Gasteiger partial charge in [-0.3, -0.25) is 4.79 Å². The van der Waals surface area contributed by atoms with E-state index in [0.717, 1.165) is 43.2 Å². The molecule has 0 atom stereocenters. The van der Waals surface area contributed by atoms with Gasteiger partial charge in [0.15, 0.2) is 5.78 Å². The summed E-state index contributed by atoms with van der Waals surface area (Å²) in [5.41, 5.74) is 3.56. The van der Waals surface area contributed by atoms with Crippen LogP contribution in [0.1, 0.15) is 15.9 Å². The number of ether oxygens (including phenoxy) is 1. The van der Waals surface area contributed by atoms with Crippen LogP contribution in [0.25, 0.3) is 6.08 Å². The highest BCUT2D eigenvalue weighted by Crippen LogP contribution is 2.29. The number of allylic oxidation sites excluding steroid dienone is 1. The number of rotatable bonds is 6. The Morgan fingerprint density at radius 3 is 2.23 bits per heavy atom. The van der Waals surface area contributed by atoms with E-state index in [1.165, 1.54) is 17.8 Å². The highest BCUT2D eigenvalue weighted by atomic mass is 16.5. The van der Waals surface area contributed by atoms with Crippen molar-refractivity contribution in [1.29, 1.82) is 0 Å². The topological polar surface area (TPSA) is 53.0 Å². The van der Waals surface area contributed by atoms with Gasteiger partial charge in [0.25, 0.3) is 0 Å². The number of anilines is 2. The highest BCUT2D eigenvalue weighted by Gasteiger charge is 2.19. The Kier molecular flexibility index (Phi) is 6.22. The first-order chi connectivity index (χ1) is 15.2. The van der Waals surface area contributed by atoms with Gasteiger partial charge in [-0.05, 0) is 48.0 Å². The largest absolute Gasteiger partial charge is 0.507 e. The molecule has 0 unspecified atom stereocenters. The second kappa shape index (κ2) is 9.39. The van der Waals surface area contributed by atoms with Crippen LogP contribution in [0.3, 0.4) is 0 Å². The number of benzene rings is 3. The minimum atomic E-state index is -0.213. The molecule has 31 heavy (non-hydrogen) atoms. The van der Waals surface area contributed by atoms with Crippen LogP contribution >= 0.6 is 0 Å². The molecule has 3 aromatic carbocycles. The van der Waals surface area contributed by atoms with Gasteiger partial charge in [0.1, 0.15) is 11.5 Å². The molecule has 1 N–H and O–H groups in total. The lowest BCUT2D eigenvalue weighted by Gasteiger charge is -2.37. The van der Waals surface area contributed by atoms with Crippen LogP contribution in [0.2, 0.25) is 0 Å². The predicted octanol–water partition coefficient (Wildman–Crippen LogP) is 4.62. The van der Waals surface area contributed by atoms with E-state index in [2.05, 4.69) is 28.0 Å². The first kappa shape index (κ1) is 20.5. The summed E-state index contributed by atoms with van der Waals surface area (Å²) in [6.07, 6.45) is 3.27. The molecule has 4 rings (SSSR count). The van der Waals surface area contributed by atoms with Crippen molar-refractivity contribution in [3.63, 3.8) is 0 Å². The van der Waals surface area contributed by atoms with Crippen molar-refractivity contribution < 1.29 is 14.6 Å². The zero-order valence-electron chi connectivity index (χ0n) is 17.6. The Hall–Kier alpha value is -3.73. The molecule has 0 aromatic heterocycles. The fraction of sp³-hybridized carbons (Fsp3) is 0.192. The lowest BCUT2D eigenvalue weighted by Crippen LogP contribution is -2.46. The van der Waals surface area contributed by atoms with Crippen molar-refractivity contribution in [2.45, 2.75) is 0 Å². The summed E-state index contributed by atoms with van der Waals surface area (Å²) in [5, 5.41) is 9.81. The summed E-state index contributed by atoms with van der Waals surface area (Å²) in [4.78, 5) is 17.0. The molecule has 1 saturated heterocycles. The maximum absolute atomic E-state index is 12.3. The molecule has 0 bridgehead atoms. The van der Waals surface area contributed by atoms with Crippen LogP contribution in [0, 0.1) is 0 Å². The normalized spacial score (nSPS) is 14.1. The summed E-state index contributed by atoms with van der Waals surface area (Å²) in [5.74, 6) is 0.694. The zero-order valence-corrected chi connectivity index (χ0v) is 17.6. The van der Waals surface area contributed by atoms with E-state index in [-0.39, 0.29) is 11.5 Å². The molecule has 5 nitrogen and oxygen atoms in total. The maximum atomic E-state index is 12.3. The van der Waals surface area contributed by atoms with Crippen molar-refractivity contribution in [2.24, 2.45) is 0 Å². The number of phenolic OH excluding ortho intramolecular Hbond substituents is 1. The average molecular weight is 415 g/mol. The lowest BCUT2D eigenvalue weighted by molar-refractivity contribution is 0.104. The molecule has 1 aliphatic rings. The number of ketones is 1. The molecular formula is C26H26N2O3. The SMILES string of the molecule is COc1ccccc1N1CCN(c2ccc(/C=C/C(=O)c3ccccc3O)cc2)CC1. The molecule has 0 aliphatic carbocycles. The van der Waals surface area contributed by atoms with E-state index in [1.807, 2.05) is 30.3 Å². The predicted molar refractivity (Wildman–Crippen MR) is 125 cm³/mol. The van der Waals surface area contributed by atoms with E-state index in [1.54, 1.807) is 31.4 Å². The number of para-hydroxylation sites is 3. The van der Waals surface area contributed by atoms with Crippen molar-refractivity contribution in [3.05, 3.63) is 90.0 Å². The number of nitrogens with zero attached hydrogens (tertiary/aromatic N) is 2. The Labute approximate surface area is 182 Å². The van der Waals surface area contributed by atoms with E-state index in [4.69, 9.17) is 4.74 Å². The summed E-state index contributed by atoms with van der Waals surface area (Å²) in [6, 6.07) is 22.9. The van der Waals surface area contributed by atoms with Gasteiger partial charge in [-0.1, -0.05) is 42.5 Å². The maximum Gasteiger partial charge on any atom is 0.189 e. The number of hydrogen-bond donors (Lipinski definition) is 1. The second-order valence-corrected chi connectivity index (χ2v) is 7.45. The van der Waals surface area contributed by atoms with Gasteiger partial charge < -0.3 is 19.6 Å². The van der Waals surface area contributed by atoms with E-state index in [9.17, 15) is 9.90 Å². The van der Waals surface area contributed by atoms with Gasteiger partial charge in [-0.2, -0.15) is 0 Å². The smallest absolute Gasteiger partial charge is 0.189 e. The van der Waals surface area contributed by atoms with Crippen LogP contribution in [-0.2, 0) is 0 Å². The summed E-state index contributed by atoms with van der Waals surface area (Å²) in [6.45, 7) is 3.71. The molecule has 1 fully saturated rings. The third kappa shape index (κ3) is 4.72. The van der Waals surface area contributed by atoms with E-state index >= 15 is 0 Å². The first-order valence-electron chi connectivity index (χ1n) is 10.4. The van der Waals surface area contributed by atoms with Crippen LogP contribution in [-0.4, -0.2) is 44.2 Å². The molecule has 1 heterocycles. The molecule has 5 heteroatoms. The van der Waals surface area contributed by atoms with Crippen LogP contribution < -0.4 is 14.5 Å². The summed E-state index contributed by atoms with van der Waals surface area (Å²) >= 11 is 0. The fourth-order valence-corrected chi connectivity index (χ4v) is 3.84. The number of hydrogen-bond acceptors (Lipinski definition) is 5. The molecule has 0 spiro atoms. The summed E-state index contributed by atoms with van der Waals surface area (Å²) in [7, 11) is 1.71. The Bertz CT molecular complexity index is 1070. The van der Waals surface area contributed by atoms with Crippen molar-refractivity contribution >= 4 is 23.2 Å². The average Bonchev–Trinajstić information content (AvgIpc) is 2.83. The molecule has 158 valence electrons. The Morgan fingerprint density at radius 1 is 0.871 bits per heavy atom. The van der Waals surface area contributed by atoms with Crippen LogP contribution in [0.15, 0.2) is 78.9 Å². The van der Waals surface area contributed by atoms with Gasteiger partial charge in [-0.25, -0.2) is 0 Å². The lowest BCUT2D eigenvalue weighted by atomic mass is 10.1. The Morgan fingerprint density at radius 2 is 1.52 bits per heavy atom. The standard InChI is InChI=1S/C26H26N2O3/c1-31-26-9-5-3-7-23(26)28-18-16-27(17-19-28)21-13-10-20(11-14-21)12-15-25(30)22-6-2-4-8-24(22)29/h2-15,29H,16-19H2,1H3/b15-12+. The monoisotopic (exact) mass is 414 g/mol. The zero-order chi connectivity index (χ0) is 21.6. The number of carbonyl (C=O) groups is 1. The number of methoxy groups -OCH3 is 1. The molecular weight excluding hydrogens is 388 g/mol. The molecule has 0 amide bonds. The van der Waals surface area contributed by atoms with Crippen molar-refractivity contribution in [2.75, 3.05) is 43.1 Å². The van der Waals surface area contributed by atoms with Gasteiger partial charge in [0, 0.05) is 31.9 Å². The molecule has 0 saturated carbocycles. The second-order valence-electron chi connectivity index (χ2n) is 7.45. The summed E-state index contributed by atoms with van der Waals surface area (Å²) < 4.78 is 5.50. The number of aromatic hydroxyl groups is 1.